The highest BCUT2D eigenvalue weighted by Gasteiger charge is 2.24. The average molecular weight is 453 g/mol. The summed E-state index contributed by atoms with van der Waals surface area (Å²) in [5.74, 6) is 1.96. The summed E-state index contributed by atoms with van der Waals surface area (Å²) >= 11 is 0. The molecule has 8 nitrogen and oxygen atoms in total. The van der Waals surface area contributed by atoms with Gasteiger partial charge in [-0.2, -0.15) is 8.42 Å². The normalized spacial score (nSPS) is 16.3. The zero-order chi connectivity index (χ0) is 22.3. The van der Waals surface area contributed by atoms with Gasteiger partial charge in [0, 0.05) is 12.2 Å². The molecule has 0 aliphatic carbocycles. The van der Waals surface area contributed by atoms with Crippen molar-refractivity contribution in [2.24, 2.45) is 0 Å². The first-order valence-electron chi connectivity index (χ1n) is 9.96. The van der Waals surface area contributed by atoms with Crippen LogP contribution in [0.15, 0.2) is 41.3 Å². The summed E-state index contributed by atoms with van der Waals surface area (Å²) in [6, 6.07) is 9.82. The Morgan fingerprint density at radius 3 is 2.42 bits per heavy atom. The van der Waals surface area contributed by atoms with Crippen molar-refractivity contribution in [2.45, 2.75) is 23.8 Å². The number of methoxy groups -OCH3 is 3. The van der Waals surface area contributed by atoms with E-state index in [1.54, 1.807) is 26.4 Å². The van der Waals surface area contributed by atoms with Crippen molar-refractivity contribution in [3.05, 3.63) is 47.5 Å². The first-order valence-corrected chi connectivity index (χ1v) is 11.4. The van der Waals surface area contributed by atoms with E-state index in [-0.39, 0.29) is 30.8 Å². The minimum absolute atomic E-state index is 0.0652. The number of hydrogen-bond acceptors (Lipinski definition) is 8. The highest BCUT2D eigenvalue weighted by Crippen LogP contribution is 2.39. The van der Waals surface area contributed by atoms with E-state index in [4.69, 9.17) is 27.9 Å². The lowest BCUT2D eigenvalue weighted by Crippen LogP contribution is -2.16. The molecule has 2 aromatic carbocycles. The molecule has 0 N–H and O–H groups in total. The maximum Gasteiger partial charge on any atom is 0.297 e. The van der Waals surface area contributed by atoms with Crippen LogP contribution >= 0.6 is 0 Å². The monoisotopic (exact) mass is 452 g/mol. The van der Waals surface area contributed by atoms with Gasteiger partial charge < -0.3 is 23.7 Å². The topological polar surface area (TPSA) is 89.5 Å². The molecule has 31 heavy (non-hydrogen) atoms. The molecule has 3 rings (SSSR count). The van der Waals surface area contributed by atoms with Crippen LogP contribution in [0.3, 0.4) is 0 Å². The number of fused-ring (bicyclic) bond motifs is 1. The van der Waals surface area contributed by atoms with Crippen molar-refractivity contribution in [2.75, 3.05) is 47.8 Å². The van der Waals surface area contributed by atoms with E-state index < -0.39 is 10.1 Å². The molecule has 1 aliphatic heterocycles. The van der Waals surface area contributed by atoms with Crippen LogP contribution in [0.25, 0.3) is 0 Å². The standard InChI is InChI=1S/C22H28O8S/c1-25-16-6-8-17(9-7-16)31(23,24)30-14-13-28-15-21-18-10-11-20(26-2)22(27-3)19(18)5-4-12-29-21/h6-11,21H,4-5,12-15H2,1-3H3. The van der Waals surface area contributed by atoms with Gasteiger partial charge in [-0.05, 0) is 48.7 Å². The Bertz CT molecular complexity index is 956. The van der Waals surface area contributed by atoms with Crippen LogP contribution in [-0.2, 0) is 30.2 Å². The average Bonchev–Trinajstić information content (AvgIpc) is 3.00. The summed E-state index contributed by atoms with van der Waals surface area (Å²) in [5, 5.41) is 0. The van der Waals surface area contributed by atoms with Gasteiger partial charge in [0.05, 0.1) is 46.0 Å². The number of ether oxygens (including phenoxy) is 5. The van der Waals surface area contributed by atoms with Gasteiger partial charge >= 0.3 is 0 Å². The Morgan fingerprint density at radius 2 is 1.74 bits per heavy atom. The lowest BCUT2D eigenvalue weighted by Gasteiger charge is -2.20. The Labute approximate surface area is 183 Å². The Morgan fingerprint density at radius 1 is 0.968 bits per heavy atom. The zero-order valence-electron chi connectivity index (χ0n) is 18.0. The lowest BCUT2D eigenvalue weighted by molar-refractivity contribution is -0.0209. The van der Waals surface area contributed by atoms with Crippen molar-refractivity contribution >= 4 is 10.1 Å². The van der Waals surface area contributed by atoms with Gasteiger partial charge in [-0.15, -0.1) is 0 Å². The van der Waals surface area contributed by atoms with Crippen molar-refractivity contribution in [1.29, 1.82) is 0 Å². The molecule has 0 aromatic heterocycles. The largest absolute Gasteiger partial charge is 0.497 e. The molecule has 1 unspecified atom stereocenters. The third-order valence-corrected chi connectivity index (χ3v) is 6.33. The van der Waals surface area contributed by atoms with Gasteiger partial charge in [-0.25, -0.2) is 0 Å². The van der Waals surface area contributed by atoms with Crippen molar-refractivity contribution in [3.63, 3.8) is 0 Å². The van der Waals surface area contributed by atoms with E-state index in [0.717, 1.165) is 24.0 Å². The predicted molar refractivity (Wildman–Crippen MR) is 114 cm³/mol. The van der Waals surface area contributed by atoms with Crippen molar-refractivity contribution in [1.82, 2.24) is 0 Å². The van der Waals surface area contributed by atoms with E-state index in [2.05, 4.69) is 0 Å². The summed E-state index contributed by atoms with van der Waals surface area (Å²) in [6.07, 6.45) is 1.39. The first kappa shape index (κ1) is 23.3. The molecule has 9 heteroatoms. The second-order valence-corrected chi connectivity index (χ2v) is 8.47. The maximum absolute atomic E-state index is 12.3. The molecule has 0 fully saturated rings. The Hall–Kier alpha value is -2.33. The van der Waals surface area contributed by atoms with Gasteiger partial charge in [-0.3, -0.25) is 4.18 Å². The third-order valence-electron chi connectivity index (χ3n) is 5.01. The minimum atomic E-state index is -3.86. The molecular weight excluding hydrogens is 424 g/mol. The van der Waals surface area contributed by atoms with Crippen LogP contribution in [-0.4, -0.2) is 56.2 Å². The molecule has 170 valence electrons. The minimum Gasteiger partial charge on any atom is -0.497 e. The summed E-state index contributed by atoms with van der Waals surface area (Å²) in [6.45, 7) is 0.878. The van der Waals surface area contributed by atoms with Crippen LogP contribution in [0.1, 0.15) is 23.7 Å². The molecule has 0 spiro atoms. The van der Waals surface area contributed by atoms with E-state index in [0.29, 0.717) is 23.9 Å². The Balaban J connectivity index is 1.56. The molecule has 1 heterocycles. The predicted octanol–water partition coefficient (Wildman–Crippen LogP) is 3.14. The van der Waals surface area contributed by atoms with E-state index in [9.17, 15) is 8.42 Å². The lowest BCUT2D eigenvalue weighted by atomic mass is 9.98. The van der Waals surface area contributed by atoms with Crippen LogP contribution in [0.4, 0.5) is 0 Å². The Kier molecular flexibility index (Phi) is 8.14. The van der Waals surface area contributed by atoms with E-state index in [1.165, 1.54) is 19.2 Å². The molecule has 0 amide bonds. The molecule has 2 aromatic rings. The van der Waals surface area contributed by atoms with Gasteiger partial charge in [-0.1, -0.05) is 6.07 Å². The number of hydrogen-bond donors (Lipinski definition) is 0. The van der Waals surface area contributed by atoms with Gasteiger partial charge in [0.15, 0.2) is 11.5 Å². The van der Waals surface area contributed by atoms with Gasteiger partial charge in [0.1, 0.15) is 11.9 Å². The molecule has 0 bridgehead atoms. The third kappa shape index (κ3) is 5.68. The summed E-state index contributed by atoms with van der Waals surface area (Å²) < 4.78 is 57.2. The molecular formula is C22H28O8S. The van der Waals surface area contributed by atoms with Crippen LogP contribution < -0.4 is 14.2 Å². The fourth-order valence-corrected chi connectivity index (χ4v) is 4.36. The van der Waals surface area contributed by atoms with Crippen LogP contribution in [0.2, 0.25) is 0 Å². The molecule has 0 saturated carbocycles. The fourth-order valence-electron chi connectivity index (χ4n) is 3.47. The van der Waals surface area contributed by atoms with Crippen molar-refractivity contribution in [3.8, 4) is 17.2 Å². The molecule has 0 saturated heterocycles. The SMILES string of the molecule is COc1ccc(S(=O)(=O)OCCOCC2OCCCc3c2ccc(OC)c3OC)cc1. The summed E-state index contributed by atoms with van der Waals surface area (Å²) in [7, 11) is 0.885. The van der Waals surface area contributed by atoms with Crippen LogP contribution in [0, 0.1) is 0 Å². The smallest absolute Gasteiger partial charge is 0.297 e. The fraction of sp³-hybridized carbons (Fsp3) is 0.455. The molecule has 1 aliphatic rings. The molecule has 0 radical (unpaired) electrons. The van der Waals surface area contributed by atoms with Gasteiger partial charge in [0.2, 0.25) is 0 Å². The highest BCUT2D eigenvalue weighted by atomic mass is 32.2. The second-order valence-electron chi connectivity index (χ2n) is 6.86. The summed E-state index contributed by atoms with van der Waals surface area (Å²) in [5.41, 5.74) is 2.04. The quantitative estimate of drug-likeness (QED) is 0.401. The first-order chi connectivity index (χ1) is 15.0. The number of rotatable bonds is 10. The summed E-state index contributed by atoms with van der Waals surface area (Å²) in [4.78, 5) is 0.0652. The highest BCUT2D eigenvalue weighted by molar-refractivity contribution is 7.86. The van der Waals surface area contributed by atoms with E-state index >= 15 is 0 Å². The number of benzene rings is 2. The van der Waals surface area contributed by atoms with E-state index in [1.807, 2.05) is 12.1 Å². The van der Waals surface area contributed by atoms with Crippen LogP contribution in [0.5, 0.6) is 17.2 Å². The zero-order valence-corrected chi connectivity index (χ0v) is 18.8. The maximum atomic E-state index is 12.3. The second kappa shape index (κ2) is 10.8. The van der Waals surface area contributed by atoms with Gasteiger partial charge in [0.25, 0.3) is 10.1 Å². The molecule has 1 atom stereocenters. The van der Waals surface area contributed by atoms with Crippen molar-refractivity contribution < 1.29 is 36.3 Å².